The summed E-state index contributed by atoms with van der Waals surface area (Å²) in [6, 6.07) is 12.4. The number of carboxylic acid groups (broad SMARTS) is 1. The number of aryl methyl sites for hydroxylation is 1. The zero-order valence-electron chi connectivity index (χ0n) is 13.5. The molecule has 126 valence electrons. The van der Waals surface area contributed by atoms with Gasteiger partial charge in [-0.05, 0) is 55.7 Å². The molecule has 0 spiro atoms. The zero-order valence-corrected chi connectivity index (χ0v) is 14.3. The molecule has 2 rings (SSSR count). The minimum Gasteiger partial charge on any atom is -0.497 e. The maximum absolute atomic E-state index is 11.0. The molecule has 2 aromatic carbocycles. The molecule has 24 heavy (non-hydrogen) atoms. The van der Waals surface area contributed by atoms with Crippen LogP contribution in [-0.2, 0) is 6.42 Å². The number of anilines is 1. The molecule has 6 heteroatoms. The number of benzene rings is 2. The number of ether oxygens (including phenoxy) is 1. The van der Waals surface area contributed by atoms with Crippen molar-refractivity contribution in [2.24, 2.45) is 5.10 Å². The second kappa shape index (κ2) is 8.36. The third kappa shape index (κ3) is 4.99. The summed E-state index contributed by atoms with van der Waals surface area (Å²) >= 11 is 6.05. The molecule has 0 saturated heterocycles. The number of hydrogen-bond acceptors (Lipinski definition) is 4. The Bertz CT molecular complexity index is 742. The first-order chi connectivity index (χ1) is 11.5. The lowest BCUT2D eigenvalue weighted by atomic mass is 10.1. The van der Waals surface area contributed by atoms with Crippen molar-refractivity contribution in [3.8, 4) is 5.75 Å². The fraction of sp³-hybridized carbons (Fsp3) is 0.222. The summed E-state index contributed by atoms with van der Waals surface area (Å²) in [5.74, 6) is -0.173. The number of hydrogen-bond donors (Lipinski definition) is 2. The van der Waals surface area contributed by atoms with Gasteiger partial charge >= 0.3 is 5.97 Å². The molecule has 0 radical (unpaired) electrons. The maximum atomic E-state index is 11.0. The molecule has 0 atom stereocenters. The molecule has 5 nitrogen and oxygen atoms in total. The number of carbonyl (C=O) groups is 1. The Morgan fingerprint density at radius 3 is 2.58 bits per heavy atom. The van der Waals surface area contributed by atoms with Crippen LogP contribution in [0.5, 0.6) is 5.75 Å². The highest BCUT2D eigenvalue weighted by atomic mass is 35.5. The van der Waals surface area contributed by atoms with Crippen molar-refractivity contribution in [2.45, 2.75) is 19.8 Å². The number of nitrogens with zero attached hydrogens (tertiary/aromatic N) is 1. The highest BCUT2D eigenvalue weighted by molar-refractivity contribution is 6.33. The van der Waals surface area contributed by atoms with E-state index in [9.17, 15) is 4.79 Å². The van der Waals surface area contributed by atoms with Crippen LogP contribution in [0, 0.1) is 0 Å². The molecule has 0 aliphatic carbocycles. The fourth-order valence-corrected chi connectivity index (χ4v) is 2.23. The van der Waals surface area contributed by atoms with Gasteiger partial charge in [-0.3, -0.25) is 5.43 Å². The Labute approximate surface area is 145 Å². The molecule has 0 fully saturated rings. The summed E-state index contributed by atoms with van der Waals surface area (Å²) in [7, 11) is 1.64. The predicted molar refractivity (Wildman–Crippen MR) is 96.5 cm³/mol. The van der Waals surface area contributed by atoms with Crippen molar-refractivity contribution in [3.63, 3.8) is 0 Å². The lowest BCUT2D eigenvalue weighted by molar-refractivity contribution is 0.0697. The minimum atomic E-state index is -1.00. The number of aromatic carboxylic acids is 1. The van der Waals surface area contributed by atoms with Crippen LogP contribution in [0.15, 0.2) is 47.6 Å². The van der Waals surface area contributed by atoms with Gasteiger partial charge in [-0.25, -0.2) is 4.79 Å². The third-order valence-corrected chi connectivity index (χ3v) is 3.84. The second-order valence-corrected chi connectivity index (χ2v) is 5.71. The average Bonchev–Trinajstić information content (AvgIpc) is 2.59. The van der Waals surface area contributed by atoms with E-state index in [1.54, 1.807) is 7.11 Å². The maximum Gasteiger partial charge on any atom is 0.335 e. The molecule has 2 aromatic rings. The molecule has 0 amide bonds. The standard InChI is InChI=1S/C18H19ClN2O3/c1-12(3-4-13-5-8-15(24-2)9-6-13)20-21-17-11-14(18(22)23)7-10-16(17)19/h5-11,21H,3-4H2,1-2H3,(H,22,23)/b20-12-. The predicted octanol–water partition coefficient (Wildman–Crippen LogP) is 4.47. The quantitative estimate of drug-likeness (QED) is 0.573. The highest BCUT2D eigenvalue weighted by Crippen LogP contribution is 2.23. The van der Waals surface area contributed by atoms with Crippen LogP contribution in [-0.4, -0.2) is 23.9 Å². The Balaban J connectivity index is 1.96. The molecule has 0 aromatic heterocycles. The molecular weight excluding hydrogens is 328 g/mol. The summed E-state index contributed by atoms with van der Waals surface area (Å²) in [5.41, 5.74) is 5.55. The van der Waals surface area contributed by atoms with Crippen molar-refractivity contribution in [3.05, 3.63) is 58.6 Å². The van der Waals surface area contributed by atoms with Gasteiger partial charge in [0.05, 0.1) is 23.4 Å². The van der Waals surface area contributed by atoms with Gasteiger partial charge in [0.25, 0.3) is 0 Å². The Kier molecular flexibility index (Phi) is 6.21. The van der Waals surface area contributed by atoms with E-state index < -0.39 is 5.97 Å². The third-order valence-electron chi connectivity index (χ3n) is 3.52. The van der Waals surface area contributed by atoms with Crippen molar-refractivity contribution in [1.29, 1.82) is 0 Å². The van der Waals surface area contributed by atoms with Crippen LogP contribution in [0.1, 0.15) is 29.3 Å². The van der Waals surface area contributed by atoms with Gasteiger partial charge in [-0.1, -0.05) is 23.7 Å². The van der Waals surface area contributed by atoms with Crippen LogP contribution in [0.25, 0.3) is 0 Å². The molecule has 0 unspecified atom stereocenters. The Morgan fingerprint density at radius 2 is 1.96 bits per heavy atom. The number of halogens is 1. The van der Waals surface area contributed by atoms with E-state index in [1.807, 2.05) is 31.2 Å². The number of methoxy groups -OCH3 is 1. The van der Waals surface area contributed by atoms with E-state index in [0.717, 1.165) is 24.3 Å². The molecule has 0 aliphatic rings. The van der Waals surface area contributed by atoms with Gasteiger partial charge in [0, 0.05) is 5.71 Å². The summed E-state index contributed by atoms with van der Waals surface area (Å²) in [4.78, 5) is 11.0. The molecule has 0 heterocycles. The van der Waals surface area contributed by atoms with Crippen LogP contribution in [0.3, 0.4) is 0 Å². The zero-order chi connectivity index (χ0) is 17.5. The molecule has 0 aliphatic heterocycles. The van der Waals surface area contributed by atoms with Gasteiger partial charge in [-0.2, -0.15) is 5.10 Å². The summed E-state index contributed by atoms with van der Waals surface area (Å²) in [6.45, 7) is 1.91. The second-order valence-electron chi connectivity index (χ2n) is 5.31. The van der Waals surface area contributed by atoms with E-state index in [4.69, 9.17) is 21.4 Å². The van der Waals surface area contributed by atoms with Gasteiger partial charge in [0.15, 0.2) is 0 Å². The van der Waals surface area contributed by atoms with Crippen molar-refractivity contribution in [1.82, 2.24) is 0 Å². The first-order valence-electron chi connectivity index (χ1n) is 7.44. The van der Waals surface area contributed by atoms with Crippen molar-refractivity contribution >= 4 is 29.0 Å². The SMILES string of the molecule is COc1ccc(CC/C(C)=N\Nc2cc(C(=O)O)ccc2Cl)cc1. The Hall–Kier alpha value is -2.53. The van der Waals surface area contributed by atoms with Gasteiger partial charge in [0.1, 0.15) is 5.75 Å². The van der Waals surface area contributed by atoms with Gasteiger partial charge in [0.2, 0.25) is 0 Å². The molecule has 0 bridgehead atoms. The van der Waals surface area contributed by atoms with Crippen molar-refractivity contribution < 1.29 is 14.6 Å². The largest absolute Gasteiger partial charge is 0.497 e. The minimum absolute atomic E-state index is 0.160. The monoisotopic (exact) mass is 346 g/mol. The first-order valence-corrected chi connectivity index (χ1v) is 7.82. The average molecular weight is 347 g/mol. The smallest absolute Gasteiger partial charge is 0.335 e. The van der Waals surface area contributed by atoms with E-state index in [1.165, 1.54) is 23.8 Å². The lowest BCUT2D eigenvalue weighted by Crippen LogP contribution is -2.02. The van der Waals surface area contributed by atoms with Crippen LogP contribution >= 0.6 is 11.6 Å². The summed E-state index contributed by atoms with van der Waals surface area (Å²) < 4.78 is 5.13. The number of nitrogens with one attached hydrogen (secondary N) is 1. The first kappa shape index (κ1) is 17.8. The topological polar surface area (TPSA) is 70.9 Å². The van der Waals surface area contributed by atoms with E-state index in [0.29, 0.717) is 10.7 Å². The van der Waals surface area contributed by atoms with E-state index in [-0.39, 0.29) is 5.56 Å². The van der Waals surface area contributed by atoms with E-state index >= 15 is 0 Å². The van der Waals surface area contributed by atoms with Gasteiger partial charge in [-0.15, -0.1) is 0 Å². The summed E-state index contributed by atoms with van der Waals surface area (Å²) in [6.07, 6.45) is 1.62. The van der Waals surface area contributed by atoms with Crippen LogP contribution in [0.4, 0.5) is 5.69 Å². The molecule has 2 N–H and O–H groups in total. The fourth-order valence-electron chi connectivity index (χ4n) is 2.07. The van der Waals surface area contributed by atoms with E-state index in [2.05, 4.69) is 10.5 Å². The van der Waals surface area contributed by atoms with Gasteiger partial charge < -0.3 is 9.84 Å². The number of rotatable bonds is 7. The highest BCUT2D eigenvalue weighted by Gasteiger charge is 2.07. The van der Waals surface area contributed by atoms with Crippen LogP contribution < -0.4 is 10.2 Å². The normalized spacial score (nSPS) is 11.2. The van der Waals surface area contributed by atoms with Crippen LogP contribution in [0.2, 0.25) is 5.02 Å². The number of hydrazone groups is 1. The Morgan fingerprint density at radius 1 is 1.25 bits per heavy atom. The summed E-state index contributed by atoms with van der Waals surface area (Å²) in [5, 5.41) is 13.7. The number of carboxylic acids is 1. The van der Waals surface area contributed by atoms with Crippen molar-refractivity contribution in [2.75, 3.05) is 12.5 Å². The lowest BCUT2D eigenvalue weighted by Gasteiger charge is -2.07. The molecule has 0 saturated carbocycles. The molecular formula is C18H19ClN2O3.